The van der Waals surface area contributed by atoms with Crippen LogP contribution in [0.4, 0.5) is 0 Å². The smallest absolute Gasteiger partial charge is 0.156 e. The summed E-state index contributed by atoms with van der Waals surface area (Å²) in [6.45, 7) is 5.23. The van der Waals surface area contributed by atoms with E-state index in [9.17, 15) is 0 Å². The van der Waals surface area contributed by atoms with E-state index in [0.29, 0.717) is 6.04 Å². The van der Waals surface area contributed by atoms with E-state index in [1.54, 1.807) is 0 Å². The molecule has 0 bridgehead atoms. The quantitative estimate of drug-likeness (QED) is 0.786. The van der Waals surface area contributed by atoms with Gasteiger partial charge in [0, 0.05) is 17.3 Å². The van der Waals surface area contributed by atoms with Crippen molar-refractivity contribution in [3.63, 3.8) is 0 Å². The maximum atomic E-state index is 4.83. The van der Waals surface area contributed by atoms with Crippen LogP contribution in [0.3, 0.4) is 0 Å². The van der Waals surface area contributed by atoms with Gasteiger partial charge in [-0.25, -0.2) is 9.50 Å². The number of nitrogens with zero attached hydrogens (tertiary/aromatic N) is 3. The van der Waals surface area contributed by atoms with Gasteiger partial charge in [0.05, 0.1) is 17.4 Å². The molecule has 0 saturated carbocycles. The topological polar surface area (TPSA) is 42.2 Å². The van der Waals surface area contributed by atoms with E-state index in [2.05, 4.69) is 53.6 Å². The monoisotopic (exact) mass is 292 g/mol. The van der Waals surface area contributed by atoms with Gasteiger partial charge in [-0.3, -0.25) is 0 Å². The number of aryl methyl sites for hydroxylation is 2. The van der Waals surface area contributed by atoms with Crippen molar-refractivity contribution in [1.29, 1.82) is 0 Å². The van der Waals surface area contributed by atoms with Crippen molar-refractivity contribution < 1.29 is 0 Å². The summed E-state index contributed by atoms with van der Waals surface area (Å²) in [6.07, 6.45) is 2.37. The van der Waals surface area contributed by atoms with E-state index < -0.39 is 0 Å². The second kappa shape index (κ2) is 5.21. The third-order valence-electron chi connectivity index (χ3n) is 4.34. The minimum absolute atomic E-state index is 0.368. The normalized spacial score (nSPS) is 18.2. The third-order valence-corrected chi connectivity index (χ3v) is 4.34. The van der Waals surface area contributed by atoms with Crippen molar-refractivity contribution in [3.8, 4) is 11.3 Å². The molecule has 4 heteroatoms. The van der Waals surface area contributed by atoms with Crippen molar-refractivity contribution in [3.05, 3.63) is 53.3 Å². The van der Waals surface area contributed by atoms with Crippen LogP contribution in [-0.2, 0) is 0 Å². The molecule has 0 amide bonds. The molecule has 0 radical (unpaired) electrons. The summed E-state index contributed by atoms with van der Waals surface area (Å²) in [5.41, 5.74) is 6.60. The first kappa shape index (κ1) is 13.5. The zero-order chi connectivity index (χ0) is 15.1. The highest BCUT2D eigenvalue weighted by atomic mass is 15.3. The Morgan fingerprint density at radius 2 is 1.95 bits per heavy atom. The lowest BCUT2D eigenvalue weighted by Crippen LogP contribution is -2.13. The standard InChI is InChI=1S/C18H20N4/c1-12-5-7-14(8-6-12)17-10-13(2)20-18-11-16(21-22(17)18)15-4-3-9-19-15/h5-8,10-11,15,19H,3-4,9H2,1-2H3. The van der Waals surface area contributed by atoms with Crippen molar-refractivity contribution in [2.24, 2.45) is 0 Å². The molecule has 3 heterocycles. The van der Waals surface area contributed by atoms with Gasteiger partial charge in [-0.15, -0.1) is 0 Å². The molecule has 1 aliphatic heterocycles. The van der Waals surface area contributed by atoms with Crippen LogP contribution in [0.1, 0.15) is 35.8 Å². The van der Waals surface area contributed by atoms with Gasteiger partial charge in [-0.2, -0.15) is 5.10 Å². The van der Waals surface area contributed by atoms with Crippen LogP contribution >= 0.6 is 0 Å². The van der Waals surface area contributed by atoms with Gasteiger partial charge >= 0.3 is 0 Å². The summed E-state index contributed by atoms with van der Waals surface area (Å²) in [5.74, 6) is 0. The molecule has 1 saturated heterocycles. The fourth-order valence-electron chi connectivity index (χ4n) is 3.16. The van der Waals surface area contributed by atoms with E-state index in [1.165, 1.54) is 17.5 Å². The van der Waals surface area contributed by atoms with Gasteiger partial charge in [0.2, 0.25) is 0 Å². The van der Waals surface area contributed by atoms with Crippen LogP contribution in [0, 0.1) is 13.8 Å². The first-order chi connectivity index (χ1) is 10.7. The molecule has 1 N–H and O–H groups in total. The average molecular weight is 292 g/mol. The maximum absolute atomic E-state index is 4.83. The van der Waals surface area contributed by atoms with E-state index >= 15 is 0 Å². The molecule has 4 nitrogen and oxygen atoms in total. The molecular formula is C18H20N4. The predicted octanol–water partition coefficient (Wildman–Crippen LogP) is 3.44. The number of rotatable bonds is 2. The van der Waals surface area contributed by atoms with E-state index in [0.717, 1.165) is 35.7 Å². The molecule has 0 spiro atoms. The number of hydrogen-bond donors (Lipinski definition) is 1. The fraction of sp³-hybridized carbons (Fsp3) is 0.333. The van der Waals surface area contributed by atoms with Crippen molar-refractivity contribution >= 4 is 5.65 Å². The summed E-state index contributed by atoms with van der Waals surface area (Å²) in [6, 6.07) is 13.2. The van der Waals surface area contributed by atoms with Crippen LogP contribution in [0.5, 0.6) is 0 Å². The summed E-state index contributed by atoms with van der Waals surface area (Å²) < 4.78 is 1.98. The Hall–Kier alpha value is -2.20. The van der Waals surface area contributed by atoms with Gasteiger partial charge in [0.15, 0.2) is 5.65 Å². The molecule has 2 aromatic heterocycles. The molecule has 1 unspecified atom stereocenters. The highest BCUT2D eigenvalue weighted by Gasteiger charge is 2.20. The lowest BCUT2D eigenvalue weighted by molar-refractivity contribution is 0.621. The Morgan fingerprint density at radius 1 is 1.14 bits per heavy atom. The Kier molecular flexibility index (Phi) is 3.19. The largest absolute Gasteiger partial charge is 0.309 e. The fourth-order valence-corrected chi connectivity index (χ4v) is 3.16. The number of hydrogen-bond acceptors (Lipinski definition) is 3. The average Bonchev–Trinajstić information content (AvgIpc) is 3.15. The molecule has 1 fully saturated rings. The molecule has 4 rings (SSSR count). The maximum Gasteiger partial charge on any atom is 0.156 e. The van der Waals surface area contributed by atoms with Crippen LogP contribution in [0.15, 0.2) is 36.4 Å². The minimum atomic E-state index is 0.368. The summed E-state index contributed by atoms with van der Waals surface area (Å²) in [5, 5.41) is 8.34. The molecule has 1 atom stereocenters. The van der Waals surface area contributed by atoms with Crippen molar-refractivity contribution in [1.82, 2.24) is 19.9 Å². The molecular weight excluding hydrogens is 272 g/mol. The van der Waals surface area contributed by atoms with Crippen LogP contribution in [-0.4, -0.2) is 21.1 Å². The van der Waals surface area contributed by atoms with Gasteiger partial charge in [0.1, 0.15) is 0 Å². The van der Waals surface area contributed by atoms with E-state index in [4.69, 9.17) is 5.10 Å². The highest BCUT2D eigenvalue weighted by molar-refractivity contribution is 5.63. The Morgan fingerprint density at radius 3 is 2.68 bits per heavy atom. The number of fused-ring (bicyclic) bond motifs is 1. The van der Waals surface area contributed by atoms with Crippen LogP contribution < -0.4 is 5.32 Å². The second-order valence-electron chi connectivity index (χ2n) is 6.14. The van der Waals surface area contributed by atoms with Crippen molar-refractivity contribution in [2.75, 3.05) is 6.54 Å². The van der Waals surface area contributed by atoms with Gasteiger partial charge in [-0.05, 0) is 39.3 Å². The van der Waals surface area contributed by atoms with E-state index in [1.807, 2.05) is 11.4 Å². The second-order valence-corrected chi connectivity index (χ2v) is 6.14. The number of nitrogens with one attached hydrogen (secondary N) is 1. The summed E-state index contributed by atoms with van der Waals surface area (Å²) >= 11 is 0. The molecule has 0 aliphatic carbocycles. The lowest BCUT2D eigenvalue weighted by atomic mass is 10.1. The SMILES string of the molecule is Cc1ccc(-c2cc(C)nc3cc(C4CCCN4)nn23)cc1. The van der Waals surface area contributed by atoms with Gasteiger partial charge < -0.3 is 5.32 Å². The van der Waals surface area contributed by atoms with E-state index in [-0.39, 0.29) is 0 Å². The first-order valence-electron chi connectivity index (χ1n) is 7.88. The van der Waals surface area contributed by atoms with Crippen molar-refractivity contribution in [2.45, 2.75) is 32.7 Å². The minimum Gasteiger partial charge on any atom is -0.309 e. The van der Waals surface area contributed by atoms with Crippen LogP contribution in [0.25, 0.3) is 16.9 Å². The zero-order valence-electron chi connectivity index (χ0n) is 13.0. The molecule has 3 aromatic rings. The van der Waals surface area contributed by atoms with Gasteiger partial charge in [-0.1, -0.05) is 29.8 Å². The summed E-state index contributed by atoms with van der Waals surface area (Å²) in [7, 11) is 0. The molecule has 22 heavy (non-hydrogen) atoms. The molecule has 1 aliphatic rings. The molecule has 1 aromatic carbocycles. The Labute approximate surface area is 130 Å². The lowest BCUT2D eigenvalue weighted by Gasteiger charge is -2.07. The zero-order valence-corrected chi connectivity index (χ0v) is 13.0. The first-order valence-corrected chi connectivity index (χ1v) is 7.88. The number of benzene rings is 1. The van der Waals surface area contributed by atoms with Gasteiger partial charge in [0.25, 0.3) is 0 Å². The number of aromatic nitrogens is 3. The van der Waals surface area contributed by atoms with Crippen LogP contribution in [0.2, 0.25) is 0 Å². The predicted molar refractivity (Wildman–Crippen MR) is 87.9 cm³/mol. The third kappa shape index (κ3) is 2.29. The summed E-state index contributed by atoms with van der Waals surface area (Å²) in [4.78, 5) is 4.64. The molecule has 112 valence electrons. The highest BCUT2D eigenvalue weighted by Crippen LogP contribution is 2.26. The Bertz CT molecular complexity index is 811. The Balaban J connectivity index is 1.87.